The van der Waals surface area contributed by atoms with Gasteiger partial charge in [-0.15, -0.1) is 0 Å². The van der Waals surface area contributed by atoms with E-state index in [1.54, 1.807) is 6.33 Å². The number of hydrogen-bond acceptors (Lipinski definition) is 3. The monoisotopic (exact) mass is 237 g/mol. The van der Waals surface area contributed by atoms with Gasteiger partial charge < -0.3 is 15.0 Å². The van der Waals surface area contributed by atoms with Crippen LogP contribution in [0.1, 0.15) is 25.0 Å². The lowest BCUT2D eigenvalue weighted by Crippen LogP contribution is -2.29. The molecule has 2 N–H and O–H groups in total. The van der Waals surface area contributed by atoms with Crippen molar-refractivity contribution in [1.82, 2.24) is 14.9 Å². The Morgan fingerprint density at radius 1 is 1.65 bits per heavy atom. The summed E-state index contributed by atoms with van der Waals surface area (Å²) in [6.07, 6.45) is 6.49. The van der Waals surface area contributed by atoms with Crippen LogP contribution in [0.5, 0.6) is 0 Å². The highest BCUT2D eigenvalue weighted by Gasteiger charge is 2.32. The van der Waals surface area contributed by atoms with Crippen LogP contribution in [-0.2, 0) is 18.4 Å². The highest BCUT2D eigenvalue weighted by Crippen LogP contribution is 2.31. The van der Waals surface area contributed by atoms with Gasteiger partial charge in [0.1, 0.15) is 0 Å². The summed E-state index contributed by atoms with van der Waals surface area (Å²) < 4.78 is 1.97. The lowest BCUT2D eigenvalue weighted by Gasteiger charge is -2.16. The zero-order valence-electron chi connectivity index (χ0n) is 10.1. The van der Waals surface area contributed by atoms with E-state index < -0.39 is 5.97 Å². The zero-order valence-corrected chi connectivity index (χ0v) is 10.1. The summed E-state index contributed by atoms with van der Waals surface area (Å²) in [7, 11) is 1.96. The molecule has 0 aromatic carbocycles. The molecule has 5 nitrogen and oxygen atoms in total. The van der Waals surface area contributed by atoms with Crippen LogP contribution < -0.4 is 5.32 Å². The summed E-state index contributed by atoms with van der Waals surface area (Å²) in [5, 5.41) is 12.4. The Morgan fingerprint density at radius 2 is 2.47 bits per heavy atom. The van der Waals surface area contributed by atoms with E-state index in [2.05, 4.69) is 10.3 Å². The molecule has 1 saturated carbocycles. The summed E-state index contributed by atoms with van der Waals surface area (Å²) >= 11 is 0. The number of imidazole rings is 1. The van der Waals surface area contributed by atoms with Gasteiger partial charge in [-0.3, -0.25) is 4.79 Å². The van der Waals surface area contributed by atoms with Crippen molar-refractivity contribution in [2.24, 2.45) is 18.9 Å². The fourth-order valence-electron chi connectivity index (χ4n) is 2.55. The molecule has 1 aliphatic rings. The molecule has 1 aliphatic carbocycles. The molecule has 94 valence electrons. The highest BCUT2D eigenvalue weighted by atomic mass is 16.4. The topological polar surface area (TPSA) is 67.2 Å². The van der Waals surface area contributed by atoms with Gasteiger partial charge in [-0.05, 0) is 25.3 Å². The molecule has 1 fully saturated rings. The molecular formula is C12H19N3O2. The van der Waals surface area contributed by atoms with E-state index in [0.717, 1.165) is 38.0 Å². The Hall–Kier alpha value is -1.36. The van der Waals surface area contributed by atoms with E-state index in [9.17, 15) is 4.79 Å². The summed E-state index contributed by atoms with van der Waals surface area (Å²) in [5.74, 6) is -0.524. The van der Waals surface area contributed by atoms with Crippen LogP contribution in [0.25, 0.3) is 0 Å². The summed E-state index contributed by atoms with van der Waals surface area (Å²) in [6.45, 7) is 1.53. The van der Waals surface area contributed by atoms with Gasteiger partial charge in [0, 0.05) is 19.8 Å². The van der Waals surface area contributed by atoms with Crippen molar-refractivity contribution in [2.75, 3.05) is 6.54 Å². The first-order chi connectivity index (χ1) is 8.18. The molecule has 0 radical (unpaired) electrons. The standard InChI is InChI=1S/C12H19N3O2/c1-15-8-14-7-10(15)6-13-5-9-3-2-4-11(9)12(16)17/h7-9,11,13H,2-6H2,1H3,(H,16,17). The van der Waals surface area contributed by atoms with Crippen molar-refractivity contribution in [1.29, 1.82) is 0 Å². The number of aliphatic carboxylic acids is 1. The number of aryl methyl sites for hydroxylation is 1. The van der Waals surface area contributed by atoms with Crippen LogP contribution in [-0.4, -0.2) is 27.2 Å². The normalized spacial score (nSPS) is 24.1. The third-order valence-electron chi connectivity index (χ3n) is 3.61. The second-order valence-electron chi connectivity index (χ2n) is 4.76. The molecule has 1 heterocycles. The molecule has 1 aromatic heterocycles. The zero-order chi connectivity index (χ0) is 12.3. The van der Waals surface area contributed by atoms with E-state index in [-0.39, 0.29) is 11.8 Å². The van der Waals surface area contributed by atoms with E-state index in [1.807, 2.05) is 17.8 Å². The van der Waals surface area contributed by atoms with Crippen molar-refractivity contribution >= 4 is 5.97 Å². The molecule has 1 aromatic rings. The first kappa shape index (κ1) is 12.1. The molecule has 0 aliphatic heterocycles. The molecule has 2 rings (SSSR count). The Labute approximate surface area is 101 Å². The van der Waals surface area contributed by atoms with Crippen LogP contribution in [0.2, 0.25) is 0 Å². The third-order valence-corrected chi connectivity index (χ3v) is 3.61. The quantitative estimate of drug-likeness (QED) is 0.802. The SMILES string of the molecule is Cn1cncc1CNCC1CCCC1C(=O)O. The second-order valence-corrected chi connectivity index (χ2v) is 4.76. The van der Waals surface area contributed by atoms with Gasteiger partial charge in [-0.2, -0.15) is 0 Å². The number of aromatic nitrogens is 2. The summed E-state index contributed by atoms with van der Waals surface area (Å²) in [5.41, 5.74) is 1.12. The van der Waals surface area contributed by atoms with Crippen LogP contribution >= 0.6 is 0 Å². The third kappa shape index (κ3) is 2.85. The predicted octanol–water partition coefficient (Wildman–Crippen LogP) is 1.01. The Balaban J connectivity index is 1.79. The van der Waals surface area contributed by atoms with Gasteiger partial charge in [0.15, 0.2) is 0 Å². The number of nitrogens with one attached hydrogen (secondary N) is 1. The van der Waals surface area contributed by atoms with Crippen molar-refractivity contribution < 1.29 is 9.90 Å². The number of nitrogens with zero attached hydrogens (tertiary/aromatic N) is 2. The minimum Gasteiger partial charge on any atom is -0.481 e. The Kier molecular flexibility index (Phi) is 3.78. The van der Waals surface area contributed by atoms with Crippen molar-refractivity contribution in [3.05, 3.63) is 18.2 Å². The van der Waals surface area contributed by atoms with Crippen molar-refractivity contribution in [3.8, 4) is 0 Å². The molecule has 0 amide bonds. The number of rotatable bonds is 5. The fourth-order valence-corrected chi connectivity index (χ4v) is 2.55. The molecular weight excluding hydrogens is 218 g/mol. The maximum absolute atomic E-state index is 11.0. The first-order valence-corrected chi connectivity index (χ1v) is 6.07. The fraction of sp³-hybridized carbons (Fsp3) is 0.667. The average molecular weight is 237 g/mol. The Morgan fingerprint density at radius 3 is 3.12 bits per heavy atom. The van der Waals surface area contributed by atoms with Gasteiger partial charge in [0.2, 0.25) is 0 Å². The van der Waals surface area contributed by atoms with Crippen LogP contribution in [0.15, 0.2) is 12.5 Å². The minimum absolute atomic E-state index is 0.158. The smallest absolute Gasteiger partial charge is 0.306 e. The molecule has 0 bridgehead atoms. The molecule has 0 spiro atoms. The first-order valence-electron chi connectivity index (χ1n) is 6.07. The Bertz CT molecular complexity index is 389. The van der Waals surface area contributed by atoms with Crippen LogP contribution in [0.4, 0.5) is 0 Å². The van der Waals surface area contributed by atoms with Gasteiger partial charge >= 0.3 is 5.97 Å². The second kappa shape index (κ2) is 5.31. The largest absolute Gasteiger partial charge is 0.481 e. The summed E-state index contributed by atoms with van der Waals surface area (Å²) in [4.78, 5) is 15.1. The van der Waals surface area contributed by atoms with Crippen LogP contribution in [0.3, 0.4) is 0 Å². The highest BCUT2D eigenvalue weighted by molar-refractivity contribution is 5.70. The van der Waals surface area contributed by atoms with Gasteiger partial charge in [-0.25, -0.2) is 4.98 Å². The van der Waals surface area contributed by atoms with E-state index in [0.29, 0.717) is 0 Å². The number of carbonyl (C=O) groups is 1. The molecule has 17 heavy (non-hydrogen) atoms. The van der Waals surface area contributed by atoms with Gasteiger partial charge in [0.25, 0.3) is 0 Å². The minimum atomic E-state index is -0.644. The lowest BCUT2D eigenvalue weighted by atomic mass is 9.96. The molecule has 5 heteroatoms. The number of hydrogen-bond donors (Lipinski definition) is 2. The predicted molar refractivity (Wildman–Crippen MR) is 63.4 cm³/mol. The summed E-state index contributed by atoms with van der Waals surface area (Å²) in [6, 6.07) is 0. The van der Waals surface area contributed by atoms with Gasteiger partial charge in [0.05, 0.1) is 17.9 Å². The average Bonchev–Trinajstić information content (AvgIpc) is 2.88. The van der Waals surface area contributed by atoms with Gasteiger partial charge in [-0.1, -0.05) is 6.42 Å². The lowest BCUT2D eigenvalue weighted by molar-refractivity contribution is -0.142. The van der Waals surface area contributed by atoms with Crippen molar-refractivity contribution in [2.45, 2.75) is 25.8 Å². The van der Waals surface area contributed by atoms with E-state index >= 15 is 0 Å². The van der Waals surface area contributed by atoms with Crippen LogP contribution in [0, 0.1) is 11.8 Å². The maximum atomic E-state index is 11.0. The molecule has 2 unspecified atom stereocenters. The number of carboxylic acid groups (broad SMARTS) is 1. The maximum Gasteiger partial charge on any atom is 0.306 e. The molecule has 0 saturated heterocycles. The van der Waals surface area contributed by atoms with E-state index in [1.165, 1.54) is 0 Å². The molecule has 2 atom stereocenters. The number of carboxylic acids is 1. The van der Waals surface area contributed by atoms with E-state index in [4.69, 9.17) is 5.11 Å². The van der Waals surface area contributed by atoms with Crippen molar-refractivity contribution in [3.63, 3.8) is 0 Å².